The third-order valence-electron chi connectivity index (χ3n) is 3.83. The van der Waals surface area contributed by atoms with E-state index in [4.69, 9.17) is 4.42 Å². The van der Waals surface area contributed by atoms with Crippen LogP contribution in [0.2, 0.25) is 0 Å². The normalized spacial score (nSPS) is 14.1. The van der Waals surface area contributed by atoms with Gasteiger partial charge in [-0.05, 0) is 61.2 Å². The van der Waals surface area contributed by atoms with Gasteiger partial charge in [0.25, 0.3) is 0 Å². The van der Waals surface area contributed by atoms with E-state index in [0.29, 0.717) is 5.89 Å². The minimum absolute atomic E-state index is 0.707. The monoisotopic (exact) mass is 264 g/mol. The lowest BCUT2D eigenvalue weighted by atomic mass is 10.0. The largest absolute Gasteiger partial charge is 0.436 e. The van der Waals surface area contributed by atoms with Crippen molar-refractivity contribution in [3.63, 3.8) is 0 Å². The van der Waals surface area contributed by atoms with Gasteiger partial charge in [0.15, 0.2) is 5.58 Å². The Labute approximate surface area is 117 Å². The molecule has 20 heavy (non-hydrogen) atoms. The molecule has 0 atom stereocenters. The van der Waals surface area contributed by atoms with Crippen molar-refractivity contribution in [3.8, 4) is 11.5 Å². The summed E-state index contributed by atoms with van der Waals surface area (Å²) in [5.74, 6) is 0.707. The lowest BCUT2D eigenvalue weighted by Crippen LogP contribution is -2.11. The molecule has 0 radical (unpaired) electrons. The summed E-state index contributed by atoms with van der Waals surface area (Å²) in [5.41, 5.74) is 6.63. The van der Waals surface area contributed by atoms with Crippen molar-refractivity contribution in [2.75, 3.05) is 11.9 Å². The molecule has 0 fully saturated rings. The van der Waals surface area contributed by atoms with Crippen LogP contribution in [0.4, 0.5) is 5.69 Å². The topological polar surface area (TPSA) is 38.1 Å². The Morgan fingerprint density at radius 1 is 1.15 bits per heavy atom. The molecule has 0 amide bonds. The molecular formula is C17H16N2O. The first kappa shape index (κ1) is 11.5. The fourth-order valence-corrected chi connectivity index (χ4v) is 2.77. The van der Waals surface area contributed by atoms with Crippen molar-refractivity contribution in [2.24, 2.45) is 0 Å². The minimum atomic E-state index is 0.707. The van der Waals surface area contributed by atoms with E-state index in [-0.39, 0.29) is 0 Å². The average molecular weight is 264 g/mol. The van der Waals surface area contributed by atoms with Crippen molar-refractivity contribution in [1.82, 2.24) is 4.98 Å². The Bertz CT molecular complexity index is 789. The summed E-state index contributed by atoms with van der Waals surface area (Å²) in [7, 11) is 0. The predicted molar refractivity (Wildman–Crippen MR) is 81.0 cm³/mol. The standard InChI is InChI=1S/C17H16N2O/c1-11-4-7-16-15(9-11)19-17(20-16)13-5-6-14-12(10-13)3-2-8-18-14/h4-7,9-10,18H,2-3,8H2,1H3. The van der Waals surface area contributed by atoms with Crippen LogP contribution in [0, 0.1) is 6.92 Å². The first-order valence-corrected chi connectivity index (χ1v) is 7.04. The van der Waals surface area contributed by atoms with E-state index in [1.54, 1.807) is 0 Å². The zero-order chi connectivity index (χ0) is 13.5. The molecule has 3 aromatic rings. The van der Waals surface area contributed by atoms with Crippen LogP contribution in [0.25, 0.3) is 22.6 Å². The highest BCUT2D eigenvalue weighted by Crippen LogP contribution is 2.30. The Morgan fingerprint density at radius 2 is 2.10 bits per heavy atom. The fourth-order valence-electron chi connectivity index (χ4n) is 2.77. The van der Waals surface area contributed by atoms with E-state index >= 15 is 0 Å². The highest BCUT2D eigenvalue weighted by Gasteiger charge is 2.13. The lowest BCUT2D eigenvalue weighted by molar-refractivity contribution is 0.619. The molecule has 2 aromatic carbocycles. The maximum absolute atomic E-state index is 5.87. The number of fused-ring (bicyclic) bond motifs is 2. The number of nitrogens with zero attached hydrogens (tertiary/aromatic N) is 1. The summed E-state index contributed by atoms with van der Waals surface area (Å²) in [6.07, 6.45) is 2.30. The smallest absolute Gasteiger partial charge is 0.227 e. The van der Waals surface area contributed by atoms with Crippen molar-refractivity contribution in [2.45, 2.75) is 19.8 Å². The predicted octanol–water partition coefficient (Wildman–Crippen LogP) is 4.16. The summed E-state index contributed by atoms with van der Waals surface area (Å²) in [4.78, 5) is 4.61. The summed E-state index contributed by atoms with van der Waals surface area (Å²) in [6.45, 7) is 3.13. The second-order valence-corrected chi connectivity index (χ2v) is 5.39. The van der Waals surface area contributed by atoms with Gasteiger partial charge in [-0.15, -0.1) is 0 Å². The summed E-state index contributed by atoms with van der Waals surface area (Å²) in [5, 5.41) is 3.42. The number of benzene rings is 2. The van der Waals surface area contributed by atoms with Crippen LogP contribution >= 0.6 is 0 Å². The molecular weight excluding hydrogens is 248 g/mol. The van der Waals surface area contributed by atoms with E-state index in [1.165, 1.54) is 23.2 Å². The second-order valence-electron chi connectivity index (χ2n) is 5.39. The van der Waals surface area contributed by atoms with Gasteiger partial charge in [0, 0.05) is 17.8 Å². The molecule has 4 rings (SSSR count). The van der Waals surface area contributed by atoms with Gasteiger partial charge in [-0.25, -0.2) is 4.98 Å². The molecule has 0 spiro atoms. The average Bonchev–Trinajstić information content (AvgIpc) is 2.89. The highest BCUT2D eigenvalue weighted by atomic mass is 16.3. The Morgan fingerprint density at radius 3 is 3.05 bits per heavy atom. The first-order valence-electron chi connectivity index (χ1n) is 7.04. The number of oxazole rings is 1. The zero-order valence-corrected chi connectivity index (χ0v) is 11.4. The van der Waals surface area contributed by atoms with Crippen molar-refractivity contribution in [3.05, 3.63) is 47.5 Å². The van der Waals surface area contributed by atoms with Crippen molar-refractivity contribution < 1.29 is 4.42 Å². The third kappa shape index (κ3) is 1.86. The lowest BCUT2D eigenvalue weighted by Gasteiger charge is -2.17. The maximum Gasteiger partial charge on any atom is 0.227 e. The number of hydrogen-bond acceptors (Lipinski definition) is 3. The molecule has 100 valence electrons. The molecule has 0 saturated heterocycles. The van der Waals surface area contributed by atoms with Gasteiger partial charge in [-0.3, -0.25) is 0 Å². The van der Waals surface area contributed by atoms with Gasteiger partial charge in [-0.2, -0.15) is 0 Å². The van der Waals surface area contributed by atoms with Crippen LogP contribution in [0.5, 0.6) is 0 Å². The van der Waals surface area contributed by atoms with Crippen molar-refractivity contribution >= 4 is 16.8 Å². The molecule has 1 aliphatic rings. The molecule has 0 aliphatic carbocycles. The van der Waals surface area contributed by atoms with Gasteiger partial charge >= 0.3 is 0 Å². The second kappa shape index (κ2) is 4.37. The van der Waals surface area contributed by atoms with Crippen LogP contribution in [0.1, 0.15) is 17.5 Å². The van der Waals surface area contributed by atoms with E-state index in [2.05, 4.69) is 41.5 Å². The quantitative estimate of drug-likeness (QED) is 0.717. The molecule has 0 bridgehead atoms. The Hall–Kier alpha value is -2.29. The fraction of sp³-hybridized carbons (Fsp3) is 0.235. The zero-order valence-electron chi connectivity index (χ0n) is 11.4. The van der Waals surface area contributed by atoms with Crippen LogP contribution in [-0.2, 0) is 6.42 Å². The van der Waals surface area contributed by atoms with E-state index in [9.17, 15) is 0 Å². The Balaban J connectivity index is 1.82. The molecule has 0 unspecified atom stereocenters. The minimum Gasteiger partial charge on any atom is -0.436 e. The third-order valence-corrected chi connectivity index (χ3v) is 3.83. The van der Waals surface area contributed by atoms with Crippen LogP contribution in [0.15, 0.2) is 40.8 Å². The molecule has 1 aromatic heterocycles. The highest BCUT2D eigenvalue weighted by molar-refractivity contribution is 5.77. The van der Waals surface area contributed by atoms with Gasteiger partial charge in [0.05, 0.1) is 0 Å². The molecule has 1 aliphatic heterocycles. The summed E-state index contributed by atoms with van der Waals surface area (Å²) >= 11 is 0. The van der Waals surface area contributed by atoms with Gasteiger partial charge in [0.2, 0.25) is 5.89 Å². The van der Waals surface area contributed by atoms with Crippen LogP contribution in [0.3, 0.4) is 0 Å². The first-order chi connectivity index (χ1) is 9.79. The molecule has 0 saturated carbocycles. The SMILES string of the molecule is Cc1ccc2oc(-c3ccc4c(c3)CCCN4)nc2c1. The molecule has 2 heterocycles. The summed E-state index contributed by atoms with van der Waals surface area (Å²) in [6, 6.07) is 12.5. The van der Waals surface area contributed by atoms with Crippen LogP contribution < -0.4 is 5.32 Å². The van der Waals surface area contributed by atoms with Gasteiger partial charge < -0.3 is 9.73 Å². The van der Waals surface area contributed by atoms with E-state index in [0.717, 1.165) is 29.6 Å². The van der Waals surface area contributed by atoms with Crippen molar-refractivity contribution in [1.29, 1.82) is 0 Å². The van der Waals surface area contributed by atoms with E-state index in [1.807, 2.05) is 12.1 Å². The van der Waals surface area contributed by atoms with Crippen LogP contribution in [-0.4, -0.2) is 11.5 Å². The van der Waals surface area contributed by atoms with Gasteiger partial charge in [0.1, 0.15) is 5.52 Å². The number of anilines is 1. The molecule has 3 heteroatoms. The number of nitrogens with one attached hydrogen (secondary N) is 1. The number of rotatable bonds is 1. The Kier molecular flexibility index (Phi) is 2.52. The number of aryl methyl sites for hydroxylation is 2. The van der Waals surface area contributed by atoms with Gasteiger partial charge in [-0.1, -0.05) is 6.07 Å². The maximum atomic E-state index is 5.87. The number of hydrogen-bond donors (Lipinski definition) is 1. The van der Waals surface area contributed by atoms with E-state index < -0.39 is 0 Å². The number of aromatic nitrogens is 1. The summed E-state index contributed by atoms with van der Waals surface area (Å²) < 4.78 is 5.87. The molecule has 3 nitrogen and oxygen atoms in total. The molecule has 1 N–H and O–H groups in total.